The van der Waals surface area contributed by atoms with Gasteiger partial charge in [0.15, 0.2) is 11.5 Å². The van der Waals surface area contributed by atoms with E-state index in [1.807, 2.05) is 0 Å². The van der Waals surface area contributed by atoms with Crippen LogP contribution in [0.1, 0.15) is 11.3 Å². The molecule has 0 saturated heterocycles. The molecule has 1 heterocycles. The summed E-state index contributed by atoms with van der Waals surface area (Å²) in [5, 5.41) is 4.83. The van der Waals surface area contributed by atoms with Crippen molar-refractivity contribution in [1.29, 1.82) is 0 Å². The zero-order valence-electron chi connectivity index (χ0n) is 11.2. The summed E-state index contributed by atoms with van der Waals surface area (Å²) >= 11 is 1.09. The quantitative estimate of drug-likeness (QED) is 0.823. The third-order valence-corrected chi connectivity index (χ3v) is 3.38. The molecule has 1 aromatic heterocycles. The number of methoxy groups -OCH3 is 1. The zero-order valence-corrected chi connectivity index (χ0v) is 12.0. The highest BCUT2D eigenvalue weighted by molar-refractivity contribution is 7.07. The summed E-state index contributed by atoms with van der Waals surface area (Å²) < 4.78 is 34.0. The Morgan fingerprint density at radius 3 is 2.76 bits per heavy atom. The molecule has 1 aromatic carbocycles. The van der Waals surface area contributed by atoms with Gasteiger partial charge in [-0.1, -0.05) is 17.4 Å². The Bertz CT molecular complexity index is 642. The van der Waals surface area contributed by atoms with Gasteiger partial charge in [0.1, 0.15) is 0 Å². The van der Waals surface area contributed by atoms with Crippen molar-refractivity contribution >= 4 is 11.3 Å². The number of ether oxygens (including phenoxy) is 2. The highest BCUT2D eigenvalue weighted by Crippen LogP contribution is 2.29. The molecule has 0 atom stereocenters. The van der Waals surface area contributed by atoms with E-state index in [9.17, 15) is 13.6 Å². The van der Waals surface area contributed by atoms with Crippen LogP contribution in [0, 0.1) is 0 Å². The number of thiazole rings is 1. The molecule has 0 unspecified atom stereocenters. The van der Waals surface area contributed by atoms with Crippen molar-refractivity contribution in [3.8, 4) is 11.5 Å². The first-order valence-electron chi connectivity index (χ1n) is 6.07. The molecule has 0 bridgehead atoms. The van der Waals surface area contributed by atoms with E-state index in [2.05, 4.69) is 15.0 Å². The normalized spacial score (nSPS) is 10.9. The number of halogens is 2. The number of nitrogens with one attached hydrogen (secondary N) is 2. The average molecular weight is 316 g/mol. The predicted octanol–water partition coefficient (Wildman–Crippen LogP) is 2.34. The van der Waals surface area contributed by atoms with E-state index >= 15 is 0 Å². The maximum absolute atomic E-state index is 12.3. The number of H-pyrrole nitrogens is 1. The minimum atomic E-state index is -2.90. The average Bonchev–Trinajstić information content (AvgIpc) is 2.84. The summed E-state index contributed by atoms with van der Waals surface area (Å²) in [6.45, 7) is -1.98. The van der Waals surface area contributed by atoms with Crippen LogP contribution in [-0.4, -0.2) is 18.7 Å². The molecule has 8 heteroatoms. The van der Waals surface area contributed by atoms with Crippen LogP contribution < -0.4 is 19.7 Å². The maximum atomic E-state index is 12.3. The number of rotatable bonds is 7. The summed E-state index contributed by atoms with van der Waals surface area (Å²) in [4.78, 5) is 13.5. The lowest BCUT2D eigenvalue weighted by Crippen LogP contribution is -2.14. The number of benzene rings is 1. The van der Waals surface area contributed by atoms with Crippen LogP contribution in [0.15, 0.2) is 28.4 Å². The molecule has 2 N–H and O–H groups in total. The van der Waals surface area contributed by atoms with Gasteiger partial charge >= 0.3 is 11.5 Å². The Morgan fingerprint density at radius 1 is 1.33 bits per heavy atom. The Morgan fingerprint density at radius 2 is 2.14 bits per heavy atom. The lowest BCUT2D eigenvalue weighted by Gasteiger charge is -2.11. The fraction of sp³-hybridized carbons (Fsp3) is 0.308. The van der Waals surface area contributed by atoms with Crippen LogP contribution in [0.2, 0.25) is 0 Å². The van der Waals surface area contributed by atoms with E-state index in [0.29, 0.717) is 13.1 Å². The van der Waals surface area contributed by atoms with E-state index in [1.165, 1.54) is 13.2 Å². The van der Waals surface area contributed by atoms with Crippen LogP contribution in [0.4, 0.5) is 8.78 Å². The second-order valence-corrected chi connectivity index (χ2v) is 4.98. The smallest absolute Gasteiger partial charge is 0.387 e. The van der Waals surface area contributed by atoms with Crippen LogP contribution in [0.3, 0.4) is 0 Å². The number of alkyl halides is 2. The Balaban J connectivity index is 1.97. The highest BCUT2D eigenvalue weighted by atomic mass is 32.1. The van der Waals surface area contributed by atoms with Gasteiger partial charge < -0.3 is 19.8 Å². The Kier molecular flexibility index (Phi) is 5.29. The van der Waals surface area contributed by atoms with Gasteiger partial charge in [-0.2, -0.15) is 8.78 Å². The van der Waals surface area contributed by atoms with Gasteiger partial charge in [-0.25, -0.2) is 0 Å². The first-order chi connectivity index (χ1) is 10.1. The van der Waals surface area contributed by atoms with Gasteiger partial charge in [-0.3, -0.25) is 4.79 Å². The minimum absolute atomic E-state index is 0.00394. The number of aromatic amines is 1. The SMILES string of the molecule is COc1ccc(CNCc2csc(=O)[nH]2)cc1OC(F)F. The second-order valence-electron chi connectivity index (χ2n) is 4.14. The third kappa shape index (κ3) is 4.54. The van der Waals surface area contributed by atoms with Gasteiger partial charge in [0, 0.05) is 24.2 Å². The Hall–Kier alpha value is -1.93. The first kappa shape index (κ1) is 15.5. The van der Waals surface area contributed by atoms with Crippen molar-refractivity contribution in [3.05, 3.63) is 44.5 Å². The topological polar surface area (TPSA) is 63.3 Å². The monoisotopic (exact) mass is 316 g/mol. The van der Waals surface area contributed by atoms with Crippen LogP contribution in [0.25, 0.3) is 0 Å². The van der Waals surface area contributed by atoms with Crippen LogP contribution >= 0.6 is 11.3 Å². The lowest BCUT2D eigenvalue weighted by atomic mass is 10.2. The van der Waals surface area contributed by atoms with Gasteiger partial charge in [0.05, 0.1) is 7.11 Å². The van der Waals surface area contributed by atoms with Crippen molar-refractivity contribution in [1.82, 2.24) is 10.3 Å². The van der Waals surface area contributed by atoms with E-state index in [1.54, 1.807) is 17.5 Å². The molecule has 5 nitrogen and oxygen atoms in total. The number of aromatic nitrogens is 1. The molecule has 0 amide bonds. The molecule has 2 aromatic rings. The molecule has 2 rings (SSSR count). The molecule has 0 aliphatic carbocycles. The minimum Gasteiger partial charge on any atom is -0.493 e. The molecule has 0 fully saturated rings. The highest BCUT2D eigenvalue weighted by Gasteiger charge is 2.11. The third-order valence-electron chi connectivity index (χ3n) is 2.66. The molecule has 0 aliphatic heterocycles. The molecule has 0 radical (unpaired) electrons. The van der Waals surface area contributed by atoms with E-state index in [4.69, 9.17) is 4.74 Å². The van der Waals surface area contributed by atoms with Gasteiger partial charge in [-0.15, -0.1) is 0 Å². The summed E-state index contributed by atoms with van der Waals surface area (Å²) in [6, 6.07) is 4.82. The molecule has 0 aliphatic rings. The lowest BCUT2D eigenvalue weighted by molar-refractivity contribution is -0.0512. The van der Waals surface area contributed by atoms with Gasteiger partial charge in [0.2, 0.25) is 0 Å². The van der Waals surface area contributed by atoms with Crippen molar-refractivity contribution in [2.75, 3.05) is 7.11 Å². The van der Waals surface area contributed by atoms with Crippen LogP contribution in [-0.2, 0) is 13.1 Å². The van der Waals surface area contributed by atoms with E-state index in [-0.39, 0.29) is 16.4 Å². The molecule has 21 heavy (non-hydrogen) atoms. The molecule has 0 spiro atoms. The number of hydrogen-bond acceptors (Lipinski definition) is 5. The second kappa shape index (κ2) is 7.19. The van der Waals surface area contributed by atoms with E-state index < -0.39 is 6.61 Å². The predicted molar refractivity (Wildman–Crippen MR) is 75.1 cm³/mol. The molecular weight excluding hydrogens is 302 g/mol. The molecular formula is C13H14F2N2O3S. The summed E-state index contributed by atoms with van der Waals surface area (Å²) in [5.41, 5.74) is 1.55. The van der Waals surface area contributed by atoms with E-state index in [0.717, 1.165) is 22.6 Å². The maximum Gasteiger partial charge on any atom is 0.387 e. The fourth-order valence-electron chi connectivity index (χ4n) is 1.76. The first-order valence-corrected chi connectivity index (χ1v) is 6.95. The van der Waals surface area contributed by atoms with Crippen molar-refractivity contribution < 1.29 is 18.3 Å². The number of hydrogen-bond donors (Lipinski definition) is 2. The van der Waals surface area contributed by atoms with Crippen LogP contribution in [0.5, 0.6) is 11.5 Å². The van der Waals surface area contributed by atoms with Gasteiger partial charge in [0.25, 0.3) is 0 Å². The Labute approximate surface area is 123 Å². The van der Waals surface area contributed by atoms with Crippen molar-refractivity contribution in [2.45, 2.75) is 19.7 Å². The van der Waals surface area contributed by atoms with Crippen molar-refractivity contribution in [2.24, 2.45) is 0 Å². The summed E-state index contributed by atoms with van der Waals surface area (Å²) in [5.74, 6) is 0.247. The molecule has 114 valence electrons. The zero-order chi connectivity index (χ0) is 15.2. The summed E-state index contributed by atoms with van der Waals surface area (Å²) in [6.07, 6.45) is 0. The standard InChI is InChI=1S/C13H14F2N2O3S/c1-19-10-3-2-8(4-11(10)20-12(14)15)5-16-6-9-7-21-13(18)17-9/h2-4,7,12,16H,5-6H2,1H3,(H,17,18). The summed E-state index contributed by atoms with van der Waals surface area (Å²) in [7, 11) is 1.39. The molecule has 0 saturated carbocycles. The largest absolute Gasteiger partial charge is 0.493 e. The van der Waals surface area contributed by atoms with Crippen molar-refractivity contribution in [3.63, 3.8) is 0 Å². The fourth-order valence-corrected chi connectivity index (χ4v) is 2.34. The van der Waals surface area contributed by atoms with Gasteiger partial charge in [-0.05, 0) is 17.7 Å².